The summed E-state index contributed by atoms with van der Waals surface area (Å²) in [5, 5.41) is 0. The van der Waals surface area contributed by atoms with Crippen molar-refractivity contribution in [1.82, 2.24) is 0 Å². The second kappa shape index (κ2) is 10.6. The van der Waals surface area contributed by atoms with Crippen molar-refractivity contribution >= 4 is 17.7 Å². The van der Waals surface area contributed by atoms with E-state index < -0.39 is 12.1 Å². The van der Waals surface area contributed by atoms with Gasteiger partial charge in [0.2, 0.25) is 0 Å². The maximum absolute atomic E-state index is 13.0. The van der Waals surface area contributed by atoms with Crippen molar-refractivity contribution in [1.29, 1.82) is 0 Å². The molecule has 3 aromatic rings. The van der Waals surface area contributed by atoms with Gasteiger partial charge in [-0.15, -0.1) is 0 Å². The minimum absolute atomic E-state index is 0.0270. The predicted octanol–water partition coefficient (Wildman–Crippen LogP) is 6.07. The van der Waals surface area contributed by atoms with Gasteiger partial charge in [-0.05, 0) is 41.8 Å². The second-order valence-electron chi connectivity index (χ2n) is 9.99. The molecule has 0 radical (unpaired) electrons. The molecule has 1 heterocycles. The third-order valence-corrected chi connectivity index (χ3v) is 7.49. The molecule has 5 nitrogen and oxygen atoms in total. The van der Waals surface area contributed by atoms with Gasteiger partial charge < -0.3 is 9.47 Å². The normalized spacial score (nSPS) is 23.5. The largest absolute Gasteiger partial charge is 0.462 e. The smallest absolute Gasteiger partial charge is 0.338 e. The van der Waals surface area contributed by atoms with Crippen LogP contribution < -0.4 is 0 Å². The monoisotopic (exact) mass is 494 g/mol. The second-order valence-corrected chi connectivity index (χ2v) is 9.99. The highest BCUT2D eigenvalue weighted by molar-refractivity contribution is 5.95. The van der Waals surface area contributed by atoms with Crippen LogP contribution in [0.5, 0.6) is 0 Å². The zero-order valence-corrected chi connectivity index (χ0v) is 21.0. The number of carbonyl (C=O) groups excluding carboxylic acids is 3. The van der Waals surface area contributed by atoms with Crippen LogP contribution in [-0.2, 0) is 19.1 Å². The van der Waals surface area contributed by atoms with Crippen molar-refractivity contribution in [3.63, 3.8) is 0 Å². The van der Waals surface area contributed by atoms with Gasteiger partial charge in [0.25, 0.3) is 0 Å². The van der Waals surface area contributed by atoms with Gasteiger partial charge in [-0.1, -0.05) is 85.3 Å². The molecular formula is C32H30O5. The van der Waals surface area contributed by atoms with Gasteiger partial charge in [0.05, 0.1) is 12.0 Å². The Kier molecular flexibility index (Phi) is 7.04. The molecule has 2 fully saturated rings. The first kappa shape index (κ1) is 24.7. The van der Waals surface area contributed by atoms with Crippen molar-refractivity contribution < 1.29 is 23.9 Å². The first-order valence-electron chi connectivity index (χ1n) is 12.7. The van der Waals surface area contributed by atoms with Crippen LogP contribution in [0.15, 0.2) is 91.0 Å². The van der Waals surface area contributed by atoms with Gasteiger partial charge in [-0.3, -0.25) is 9.59 Å². The Hall–Kier alpha value is -3.99. The molecule has 0 bridgehead atoms. The lowest BCUT2D eigenvalue weighted by Gasteiger charge is -2.20. The van der Waals surface area contributed by atoms with Crippen LogP contribution in [-0.4, -0.2) is 29.9 Å². The SMILES string of the molecule is Cc1cccc([C@@H](C)C(=O)/C=C/[C@@H]2[C@H]3CC(=O)O[C@H]3C[C@H]2OC(=O)c2ccc(-c3ccccc3)cc2)c1. The van der Waals surface area contributed by atoms with Gasteiger partial charge in [-0.2, -0.15) is 0 Å². The minimum atomic E-state index is -0.470. The molecule has 0 spiro atoms. The minimum Gasteiger partial charge on any atom is -0.462 e. The van der Waals surface area contributed by atoms with E-state index in [1.807, 2.05) is 86.7 Å². The third-order valence-electron chi connectivity index (χ3n) is 7.49. The molecule has 1 saturated carbocycles. The highest BCUT2D eigenvalue weighted by atomic mass is 16.6. The van der Waals surface area contributed by atoms with E-state index in [2.05, 4.69) is 0 Å². The molecule has 0 unspecified atom stereocenters. The fraction of sp³-hybridized carbons (Fsp3) is 0.281. The lowest BCUT2D eigenvalue weighted by atomic mass is 9.89. The third kappa shape index (κ3) is 5.41. The highest BCUT2D eigenvalue weighted by Crippen LogP contribution is 2.44. The van der Waals surface area contributed by atoms with Crippen LogP contribution in [0.1, 0.15) is 47.2 Å². The van der Waals surface area contributed by atoms with E-state index in [4.69, 9.17) is 9.47 Å². The van der Waals surface area contributed by atoms with E-state index in [1.165, 1.54) is 0 Å². The number of benzene rings is 3. The quantitative estimate of drug-likeness (QED) is 0.295. The number of ether oxygens (including phenoxy) is 2. The Balaban J connectivity index is 1.30. The maximum atomic E-state index is 13.0. The molecule has 37 heavy (non-hydrogen) atoms. The Morgan fingerprint density at radius 1 is 0.973 bits per heavy atom. The van der Waals surface area contributed by atoms with Crippen molar-refractivity contribution in [3.05, 3.63) is 108 Å². The number of allylic oxidation sites excluding steroid dienone is 1. The molecule has 2 aliphatic rings. The number of ketones is 1. The number of hydrogen-bond acceptors (Lipinski definition) is 5. The van der Waals surface area contributed by atoms with Crippen molar-refractivity contribution in [2.45, 2.75) is 44.8 Å². The number of rotatable bonds is 7. The molecule has 1 aliphatic heterocycles. The summed E-state index contributed by atoms with van der Waals surface area (Å²) in [4.78, 5) is 37.9. The highest BCUT2D eigenvalue weighted by Gasteiger charge is 2.50. The molecule has 0 N–H and O–H groups in total. The Morgan fingerprint density at radius 2 is 1.70 bits per heavy atom. The number of esters is 2. The van der Waals surface area contributed by atoms with Crippen molar-refractivity contribution in [2.75, 3.05) is 0 Å². The summed E-state index contributed by atoms with van der Waals surface area (Å²) in [6.07, 6.45) is 3.32. The molecule has 5 heteroatoms. The molecule has 3 aromatic carbocycles. The number of aryl methyl sites for hydroxylation is 1. The molecule has 1 saturated heterocycles. The summed E-state index contributed by atoms with van der Waals surface area (Å²) in [7, 11) is 0. The summed E-state index contributed by atoms with van der Waals surface area (Å²) in [6, 6.07) is 25.2. The predicted molar refractivity (Wildman–Crippen MR) is 141 cm³/mol. The van der Waals surface area contributed by atoms with Gasteiger partial charge in [0.1, 0.15) is 12.2 Å². The van der Waals surface area contributed by atoms with Gasteiger partial charge in [0.15, 0.2) is 5.78 Å². The van der Waals surface area contributed by atoms with Crippen LogP contribution in [0.2, 0.25) is 0 Å². The van der Waals surface area contributed by atoms with E-state index in [0.29, 0.717) is 12.0 Å². The van der Waals surface area contributed by atoms with E-state index in [0.717, 1.165) is 22.3 Å². The topological polar surface area (TPSA) is 69.7 Å². The zero-order chi connectivity index (χ0) is 25.9. The Labute approximate surface area is 217 Å². The first-order chi connectivity index (χ1) is 17.9. The van der Waals surface area contributed by atoms with E-state index in [1.54, 1.807) is 18.2 Å². The number of carbonyl (C=O) groups is 3. The Bertz CT molecular complexity index is 1320. The summed E-state index contributed by atoms with van der Waals surface area (Å²) in [5.74, 6) is -1.36. The molecule has 188 valence electrons. The number of hydrogen-bond donors (Lipinski definition) is 0. The lowest BCUT2D eigenvalue weighted by molar-refractivity contribution is -0.141. The van der Waals surface area contributed by atoms with Crippen LogP contribution in [0.3, 0.4) is 0 Å². The summed E-state index contributed by atoms with van der Waals surface area (Å²) < 4.78 is 11.4. The molecule has 5 rings (SSSR count). The zero-order valence-electron chi connectivity index (χ0n) is 21.0. The summed E-state index contributed by atoms with van der Waals surface area (Å²) >= 11 is 0. The standard InChI is InChI=1S/C32H30O5/c1-20-7-6-10-25(17-20)21(2)28(33)16-15-26-27-18-31(34)36-30(27)19-29(26)37-32(35)24-13-11-23(12-14-24)22-8-4-3-5-9-22/h3-17,21,26-27,29-30H,18-19H2,1-2H3/b16-15+/t21-,26-,27-,29-,30+/m1/s1. The van der Waals surface area contributed by atoms with Crippen molar-refractivity contribution in [3.8, 4) is 11.1 Å². The van der Waals surface area contributed by atoms with Gasteiger partial charge >= 0.3 is 11.9 Å². The van der Waals surface area contributed by atoms with E-state index in [9.17, 15) is 14.4 Å². The van der Waals surface area contributed by atoms with Gasteiger partial charge in [-0.25, -0.2) is 4.79 Å². The molecule has 0 aromatic heterocycles. The summed E-state index contributed by atoms with van der Waals surface area (Å²) in [6.45, 7) is 3.89. The first-order valence-corrected chi connectivity index (χ1v) is 12.7. The average molecular weight is 495 g/mol. The van der Waals surface area contributed by atoms with Crippen LogP contribution in [0.4, 0.5) is 0 Å². The number of fused-ring (bicyclic) bond motifs is 1. The van der Waals surface area contributed by atoms with E-state index in [-0.39, 0.29) is 42.0 Å². The molecular weight excluding hydrogens is 464 g/mol. The summed E-state index contributed by atoms with van der Waals surface area (Å²) in [5.41, 5.74) is 4.61. The van der Waals surface area contributed by atoms with Crippen molar-refractivity contribution in [2.24, 2.45) is 11.8 Å². The average Bonchev–Trinajstić information content (AvgIpc) is 3.42. The molecule has 5 atom stereocenters. The maximum Gasteiger partial charge on any atom is 0.338 e. The fourth-order valence-corrected chi connectivity index (χ4v) is 5.38. The van der Waals surface area contributed by atoms with Crippen LogP contribution >= 0.6 is 0 Å². The lowest BCUT2D eigenvalue weighted by Crippen LogP contribution is -2.25. The Morgan fingerprint density at radius 3 is 2.43 bits per heavy atom. The van der Waals surface area contributed by atoms with Crippen LogP contribution in [0.25, 0.3) is 11.1 Å². The molecule has 1 aliphatic carbocycles. The van der Waals surface area contributed by atoms with E-state index >= 15 is 0 Å². The molecule has 0 amide bonds. The van der Waals surface area contributed by atoms with Crippen LogP contribution in [0, 0.1) is 18.8 Å². The fourth-order valence-electron chi connectivity index (χ4n) is 5.38. The van der Waals surface area contributed by atoms with Gasteiger partial charge in [0, 0.05) is 24.2 Å².